The molecule has 4 nitrogen and oxygen atoms in total. The smallest absolute Gasteiger partial charge is 0.0956 e. The maximum atomic E-state index is 10.8. The van der Waals surface area contributed by atoms with Crippen LogP contribution in [0.1, 0.15) is 28.8 Å². The minimum absolute atomic E-state index is 0.121. The largest absolute Gasteiger partial charge is 0.388 e. The highest BCUT2D eigenvalue weighted by atomic mass is 16.3. The van der Waals surface area contributed by atoms with Crippen molar-refractivity contribution in [2.24, 2.45) is 5.92 Å². The van der Waals surface area contributed by atoms with E-state index in [1.54, 1.807) is 12.4 Å². The summed E-state index contributed by atoms with van der Waals surface area (Å²) in [5, 5.41) is 10.8. The molecule has 1 N–H and O–H groups in total. The van der Waals surface area contributed by atoms with Crippen molar-refractivity contribution in [3.8, 4) is 11.3 Å². The maximum absolute atomic E-state index is 10.8. The van der Waals surface area contributed by atoms with Crippen LogP contribution in [0.3, 0.4) is 0 Å². The first-order valence-corrected chi connectivity index (χ1v) is 7.56. The first-order chi connectivity index (χ1) is 10.8. The van der Waals surface area contributed by atoms with E-state index in [0.717, 1.165) is 17.7 Å². The number of hydrogen-bond donors (Lipinski definition) is 1. The average molecular weight is 289 g/mol. The van der Waals surface area contributed by atoms with Crippen LogP contribution in [0.2, 0.25) is 0 Å². The summed E-state index contributed by atoms with van der Waals surface area (Å²) in [6.45, 7) is 0. The van der Waals surface area contributed by atoms with Crippen LogP contribution in [0, 0.1) is 5.92 Å². The molecule has 3 atom stereocenters. The Labute approximate surface area is 128 Å². The van der Waals surface area contributed by atoms with Gasteiger partial charge < -0.3 is 9.67 Å². The van der Waals surface area contributed by atoms with Gasteiger partial charge in [0, 0.05) is 29.4 Å². The molecule has 1 aliphatic carbocycles. The minimum atomic E-state index is -0.477. The molecule has 0 saturated heterocycles. The third-order valence-corrected chi connectivity index (χ3v) is 5.05. The Balaban J connectivity index is 1.66. The molecule has 22 heavy (non-hydrogen) atoms. The van der Waals surface area contributed by atoms with Gasteiger partial charge >= 0.3 is 0 Å². The first kappa shape index (κ1) is 12.1. The third kappa shape index (κ3) is 1.45. The Morgan fingerprint density at radius 1 is 1.05 bits per heavy atom. The second-order valence-electron chi connectivity index (χ2n) is 6.11. The Hall–Kier alpha value is -2.46. The third-order valence-electron chi connectivity index (χ3n) is 5.05. The zero-order chi connectivity index (χ0) is 14.7. The lowest BCUT2D eigenvalue weighted by molar-refractivity contribution is 0.101. The van der Waals surface area contributed by atoms with Gasteiger partial charge in [-0.25, -0.2) is 4.98 Å². The van der Waals surface area contributed by atoms with Crippen LogP contribution >= 0.6 is 0 Å². The van der Waals surface area contributed by atoms with Gasteiger partial charge in [-0.05, 0) is 23.6 Å². The van der Waals surface area contributed by atoms with Crippen LogP contribution < -0.4 is 0 Å². The lowest BCUT2D eigenvalue weighted by atomic mass is 9.88. The van der Waals surface area contributed by atoms with Crippen molar-refractivity contribution < 1.29 is 5.11 Å². The Bertz CT molecular complexity index is 870. The molecule has 108 valence electrons. The summed E-state index contributed by atoms with van der Waals surface area (Å²) < 4.78 is 2.21. The molecule has 0 radical (unpaired) electrons. The van der Waals surface area contributed by atoms with Gasteiger partial charge in [-0.1, -0.05) is 24.3 Å². The molecule has 1 aromatic carbocycles. The Morgan fingerprint density at radius 2 is 1.95 bits per heavy atom. The second kappa shape index (κ2) is 4.27. The summed E-state index contributed by atoms with van der Waals surface area (Å²) in [5.41, 5.74) is 5.83. The number of nitrogens with zero attached hydrogens (tertiary/aromatic N) is 3. The predicted molar refractivity (Wildman–Crippen MR) is 82.2 cm³/mol. The van der Waals surface area contributed by atoms with E-state index >= 15 is 0 Å². The van der Waals surface area contributed by atoms with Crippen LogP contribution in [0.15, 0.2) is 55.2 Å². The van der Waals surface area contributed by atoms with Gasteiger partial charge in [0.05, 0.1) is 30.4 Å². The van der Waals surface area contributed by atoms with E-state index in [1.165, 1.54) is 16.7 Å². The molecule has 3 aromatic rings. The fourth-order valence-electron chi connectivity index (χ4n) is 4.08. The van der Waals surface area contributed by atoms with Crippen LogP contribution in [-0.2, 0) is 6.42 Å². The van der Waals surface area contributed by atoms with E-state index in [-0.39, 0.29) is 12.0 Å². The number of rotatable bonds is 1. The maximum Gasteiger partial charge on any atom is 0.0956 e. The van der Waals surface area contributed by atoms with Crippen LogP contribution in [0.5, 0.6) is 0 Å². The van der Waals surface area contributed by atoms with Crippen LogP contribution in [0.25, 0.3) is 11.3 Å². The van der Waals surface area contributed by atoms with Crippen molar-refractivity contribution in [1.29, 1.82) is 0 Å². The topological polar surface area (TPSA) is 50.9 Å². The van der Waals surface area contributed by atoms with Crippen LogP contribution in [-0.4, -0.2) is 19.6 Å². The second-order valence-corrected chi connectivity index (χ2v) is 6.11. The molecule has 2 aliphatic rings. The molecular weight excluding hydrogens is 274 g/mol. The lowest BCUT2D eigenvalue weighted by Crippen LogP contribution is -2.21. The number of hydrogen-bond acceptors (Lipinski definition) is 3. The standard InChI is InChI=1S/C18H15N3O/c22-18-14(7-11-5-6-19-8-15(11)18)17-13-4-2-1-3-12(13)16-9-20-10-21(16)17/h1-6,8-10,14,17-18,22H,7H2/t14-,17?,18+/m0/s1. The summed E-state index contributed by atoms with van der Waals surface area (Å²) in [6, 6.07) is 10.6. The van der Waals surface area contributed by atoms with Crippen molar-refractivity contribution in [2.75, 3.05) is 0 Å². The number of aromatic nitrogens is 3. The summed E-state index contributed by atoms with van der Waals surface area (Å²) >= 11 is 0. The van der Waals surface area contributed by atoms with E-state index in [4.69, 9.17) is 0 Å². The van der Waals surface area contributed by atoms with E-state index in [9.17, 15) is 5.11 Å². The van der Waals surface area contributed by atoms with Crippen molar-refractivity contribution in [3.63, 3.8) is 0 Å². The molecule has 5 rings (SSSR count). The van der Waals surface area contributed by atoms with Gasteiger partial charge in [0.25, 0.3) is 0 Å². The fraction of sp³-hybridized carbons (Fsp3) is 0.222. The first-order valence-electron chi connectivity index (χ1n) is 7.56. The summed E-state index contributed by atoms with van der Waals surface area (Å²) in [4.78, 5) is 8.47. The number of aliphatic hydroxyl groups is 1. The SMILES string of the molecule is O[C@H]1c2cnccc2C[C@H]1C1c2ccccc2-c2cncn21. The zero-order valence-electron chi connectivity index (χ0n) is 11.9. The van der Waals surface area contributed by atoms with Crippen molar-refractivity contribution in [2.45, 2.75) is 18.6 Å². The van der Waals surface area contributed by atoms with Crippen molar-refractivity contribution >= 4 is 0 Å². The number of fused-ring (bicyclic) bond motifs is 4. The van der Waals surface area contributed by atoms with Gasteiger partial charge in [-0.3, -0.25) is 4.98 Å². The van der Waals surface area contributed by atoms with Gasteiger partial charge in [-0.15, -0.1) is 0 Å². The fourth-order valence-corrected chi connectivity index (χ4v) is 4.08. The summed E-state index contributed by atoms with van der Waals surface area (Å²) in [7, 11) is 0. The van der Waals surface area contributed by atoms with E-state index in [1.807, 2.05) is 18.6 Å². The molecule has 4 heteroatoms. The number of benzene rings is 1. The quantitative estimate of drug-likeness (QED) is 0.749. The molecule has 1 unspecified atom stereocenters. The molecule has 0 spiro atoms. The number of imidazole rings is 1. The normalized spacial score (nSPS) is 24.9. The van der Waals surface area contributed by atoms with Gasteiger partial charge in [0.1, 0.15) is 0 Å². The molecule has 0 fully saturated rings. The summed E-state index contributed by atoms with van der Waals surface area (Å²) in [6.07, 6.45) is 7.79. The molecule has 0 saturated carbocycles. The minimum Gasteiger partial charge on any atom is -0.388 e. The highest BCUT2D eigenvalue weighted by Crippen LogP contribution is 2.50. The van der Waals surface area contributed by atoms with Gasteiger partial charge in [0.2, 0.25) is 0 Å². The van der Waals surface area contributed by atoms with Gasteiger partial charge in [-0.2, -0.15) is 0 Å². The van der Waals surface area contributed by atoms with Crippen molar-refractivity contribution in [3.05, 3.63) is 71.9 Å². The van der Waals surface area contributed by atoms with E-state index in [0.29, 0.717) is 0 Å². The molecule has 2 aromatic heterocycles. The zero-order valence-corrected chi connectivity index (χ0v) is 11.9. The molecule has 0 amide bonds. The highest BCUT2D eigenvalue weighted by molar-refractivity contribution is 5.69. The molecule has 0 bridgehead atoms. The van der Waals surface area contributed by atoms with Crippen LogP contribution in [0.4, 0.5) is 0 Å². The number of pyridine rings is 1. The Morgan fingerprint density at radius 3 is 2.86 bits per heavy atom. The molecular formula is C18H15N3O. The summed E-state index contributed by atoms with van der Waals surface area (Å²) in [5.74, 6) is 0.121. The average Bonchev–Trinajstić information content (AvgIpc) is 3.21. The Kier molecular flexibility index (Phi) is 2.35. The molecule has 3 heterocycles. The number of aliphatic hydroxyl groups excluding tert-OH is 1. The van der Waals surface area contributed by atoms with Gasteiger partial charge in [0.15, 0.2) is 0 Å². The monoisotopic (exact) mass is 289 g/mol. The predicted octanol–water partition coefficient (Wildman–Crippen LogP) is 2.75. The molecule has 1 aliphatic heterocycles. The highest BCUT2D eigenvalue weighted by Gasteiger charge is 2.42. The van der Waals surface area contributed by atoms with E-state index < -0.39 is 6.10 Å². The lowest BCUT2D eigenvalue weighted by Gasteiger charge is -2.25. The van der Waals surface area contributed by atoms with E-state index in [2.05, 4.69) is 38.8 Å². The van der Waals surface area contributed by atoms with Crippen molar-refractivity contribution in [1.82, 2.24) is 14.5 Å².